The number of likely N-dealkylation sites (tertiary alicyclic amines) is 1. The largest absolute Gasteiger partial charge is 0.480 e. The van der Waals surface area contributed by atoms with Gasteiger partial charge >= 0.3 is 12.1 Å². The molecule has 0 bridgehead atoms. The summed E-state index contributed by atoms with van der Waals surface area (Å²) in [6.45, 7) is 0.0169. The molecule has 0 radical (unpaired) electrons. The van der Waals surface area contributed by atoms with E-state index in [-0.39, 0.29) is 18.4 Å². The molecule has 7 nitrogen and oxygen atoms in total. The summed E-state index contributed by atoms with van der Waals surface area (Å²) in [4.78, 5) is 29.3. The molecule has 8 heteroatoms. The number of aliphatic carboxylic acids is 1. The summed E-state index contributed by atoms with van der Waals surface area (Å²) in [6, 6.07) is 6.52. The molecular formula is C17H17ClN2O5. The number of amides is 1. The van der Waals surface area contributed by atoms with Gasteiger partial charge in [-0.2, -0.15) is 0 Å². The number of carboxylic acids is 1. The van der Waals surface area contributed by atoms with Crippen LogP contribution in [-0.4, -0.2) is 51.1 Å². The van der Waals surface area contributed by atoms with Crippen molar-refractivity contribution in [2.45, 2.75) is 42.7 Å². The summed E-state index contributed by atoms with van der Waals surface area (Å²) >= 11 is 5.96. The first-order valence-electron chi connectivity index (χ1n) is 8.09. The van der Waals surface area contributed by atoms with E-state index in [0.717, 1.165) is 29.0 Å². The van der Waals surface area contributed by atoms with E-state index in [1.807, 2.05) is 24.3 Å². The van der Waals surface area contributed by atoms with Gasteiger partial charge in [-0.05, 0) is 30.5 Å². The summed E-state index contributed by atoms with van der Waals surface area (Å²) in [5.41, 5.74) is 0.910. The topological polar surface area (TPSA) is 99.4 Å². The third-order valence-corrected chi connectivity index (χ3v) is 5.72. The van der Waals surface area contributed by atoms with Crippen LogP contribution < -0.4 is 0 Å². The van der Waals surface area contributed by atoms with Crippen molar-refractivity contribution in [1.29, 1.82) is 0 Å². The van der Waals surface area contributed by atoms with Crippen molar-refractivity contribution in [1.82, 2.24) is 4.90 Å². The monoisotopic (exact) mass is 364 g/mol. The Labute approximate surface area is 148 Å². The highest BCUT2D eigenvalue weighted by atomic mass is 35.5. The fourth-order valence-corrected chi connectivity index (χ4v) is 4.11. The second-order valence-electron chi connectivity index (χ2n) is 7.05. The highest BCUT2D eigenvalue weighted by Crippen LogP contribution is 2.54. The molecule has 132 valence electrons. The van der Waals surface area contributed by atoms with Gasteiger partial charge in [0, 0.05) is 23.3 Å². The third kappa shape index (κ3) is 2.54. The van der Waals surface area contributed by atoms with Gasteiger partial charge in [-0.25, -0.2) is 9.59 Å². The maximum absolute atomic E-state index is 11.4. The molecule has 4 rings (SSSR count). The van der Waals surface area contributed by atoms with Crippen molar-refractivity contribution in [2.24, 2.45) is 5.16 Å². The summed E-state index contributed by atoms with van der Waals surface area (Å²) in [6.07, 6.45) is 1.19. The number of carbonyl (C=O) groups is 2. The lowest BCUT2D eigenvalue weighted by molar-refractivity contribution is -0.141. The summed E-state index contributed by atoms with van der Waals surface area (Å²) < 4.78 is 0. The maximum atomic E-state index is 11.4. The van der Waals surface area contributed by atoms with Crippen molar-refractivity contribution in [3.05, 3.63) is 34.9 Å². The molecular weight excluding hydrogens is 348 g/mol. The van der Waals surface area contributed by atoms with E-state index >= 15 is 0 Å². The molecule has 1 amide bonds. The Hall–Kier alpha value is -2.28. The lowest BCUT2D eigenvalue weighted by atomic mass is 9.83. The van der Waals surface area contributed by atoms with Crippen LogP contribution in [0.2, 0.25) is 5.02 Å². The average molecular weight is 365 g/mol. The first-order chi connectivity index (χ1) is 11.9. The van der Waals surface area contributed by atoms with Gasteiger partial charge in [-0.3, -0.25) is 4.90 Å². The van der Waals surface area contributed by atoms with E-state index in [0.29, 0.717) is 11.4 Å². The van der Waals surface area contributed by atoms with Crippen LogP contribution in [0.5, 0.6) is 0 Å². The van der Waals surface area contributed by atoms with Crippen LogP contribution in [0.1, 0.15) is 31.2 Å². The van der Waals surface area contributed by atoms with Gasteiger partial charge in [0.1, 0.15) is 6.04 Å². The van der Waals surface area contributed by atoms with E-state index in [2.05, 4.69) is 5.16 Å². The molecule has 2 heterocycles. The Morgan fingerprint density at radius 2 is 1.92 bits per heavy atom. The van der Waals surface area contributed by atoms with Crippen LogP contribution in [0.4, 0.5) is 4.79 Å². The highest BCUT2D eigenvalue weighted by molar-refractivity contribution is 6.30. The number of carboxylic acid groups (broad SMARTS) is 2. The first kappa shape index (κ1) is 16.2. The zero-order valence-corrected chi connectivity index (χ0v) is 14.1. The second kappa shape index (κ2) is 5.36. The molecule has 2 aliphatic heterocycles. The van der Waals surface area contributed by atoms with Gasteiger partial charge in [0.05, 0.1) is 12.3 Å². The SMILES string of the molecule is O=C(O)C1CC2(CC(C3(c4ccc(Cl)cc4)CC3)=NO2)CN1C(=O)O. The normalized spacial score (nSPS) is 29.4. The van der Waals surface area contributed by atoms with Gasteiger partial charge < -0.3 is 15.1 Å². The molecule has 1 spiro atoms. The number of hydrogen-bond donors (Lipinski definition) is 2. The van der Waals surface area contributed by atoms with Crippen molar-refractivity contribution in [3.63, 3.8) is 0 Å². The predicted molar refractivity (Wildman–Crippen MR) is 89.0 cm³/mol. The smallest absolute Gasteiger partial charge is 0.408 e. The molecule has 25 heavy (non-hydrogen) atoms. The maximum Gasteiger partial charge on any atom is 0.408 e. The standard InChI is InChI=1S/C17H17ClN2O5/c18-11-3-1-10(2-4-11)17(5-6-17)13-8-16(25-19-13)7-12(14(21)22)20(9-16)15(23)24/h1-4,12H,5-9H2,(H,21,22)(H,23,24). The Kier molecular flexibility index (Phi) is 3.47. The van der Waals surface area contributed by atoms with E-state index in [1.54, 1.807) is 0 Å². The van der Waals surface area contributed by atoms with E-state index < -0.39 is 23.7 Å². The molecule has 0 aromatic heterocycles. The minimum atomic E-state index is -1.25. The van der Waals surface area contributed by atoms with Gasteiger partial charge in [0.15, 0.2) is 5.60 Å². The molecule has 1 saturated heterocycles. The Morgan fingerprint density at radius 1 is 1.24 bits per heavy atom. The molecule has 1 saturated carbocycles. The fourth-order valence-electron chi connectivity index (χ4n) is 3.98. The van der Waals surface area contributed by atoms with Crippen molar-refractivity contribution in [3.8, 4) is 0 Å². The summed E-state index contributed by atoms with van der Waals surface area (Å²) in [7, 11) is 0. The van der Waals surface area contributed by atoms with Crippen LogP contribution in [0.3, 0.4) is 0 Å². The molecule has 2 fully saturated rings. The Morgan fingerprint density at radius 3 is 2.44 bits per heavy atom. The van der Waals surface area contributed by atoms with Gasteiger partial charge in [0.25, 0.3) is 0 Å². The van der Waals surface area contributed by atoms with E-state index in [9.17, 15) is 19.8 Å². The van der Waals surface area contributed by atoms with Gasteiger partial charge in [-0.1, -0.05) is 28.9 Å². The molecule has 1 aromatic rings. The zero-order valence-electron chi connectivity index (χ0n) is 13.3. The van der Waals surface area contributed by atoms with E-state index in [4.69, 9.17) is 16.4 Å². The van der Waals surface area contributed by atoms with Crippen molar-refractivity contribution < 1.29 is 24.6 Å². The number of benzene rings is 1. The first-order valence-corrected chi connectivity index (χ1v) is 8.47. The average Bonchev–Trinajstić information content (AvgIpc) is 3.13. The molecule has 2 atom stereocenters. The van der Waals surface area contributed by atoms with Crippen LogP contribution in [0.15, 0.2) is 29.4 Å². The fraction of sp³-hybridized carbons (Fsp3) is 0.471. The number of halogens is 1. The molecule has 2 unspecified atom stereocenters. The summed E-state index contributed by atoms with van der Waals surface area (Å²) in [5, 5.41) is 23.5. The summed E-state index contributed by atoms with van der Waals surface area (Å²) in [5.74, 6) is -1.16. The molecule has 2 N–H and O–H groups in total. The molecule has 3 aliphatic rings. The van der Waals surface area contributed by atoms with Gasteiger partial charge in [-0.15, -0.1) is 0 Å². The number of hydrogen-bond acceptors (Lipinski definition) is 4. The number of oxime groups is 1. The van der Waals surface area contributed by atoms with E-state index in [1.165, 1.54) is 0 Å². The Balaban J connectivity index is 1.56. The minimum Gasteiger partial charge on any atom is -0.480 e. The minimum absolute atomic E-state index is 0.0169. The molecule has 1 aliphatic carbocycles. The third-order valence-electron chi connectivity index (χ3n) is 5.47. The Bertz CT molecular complexity index is 750. The number of rotatable bonds is 3. The lowest BCUT2D eigenvalue weighted by Gasteiger charge is -2.21. The van der Waals surface area contributed by atoms with Crippen LogP contribution in [-0.2, 0) is 15.0 Å². The predicted octanol–water partition coefficient (Wildman–Crippen LogP) is 2.72. The van der Waals surface area contributed by atoms with Crippen LogP contribution in [0.25, 0.3) is 0 Å². The molecule has 1 aromatic carbocycles. The lowest BCUT2D eigenvalue weighted by Crippen LogP contribution is -2.40. The van der Waals surface area contributed by atoms with Crippen LogP contribution >= 0.6 is 11.6 Å². The second-order valence-corrected chi connectivity index (χ2v) is 7.48. The quantitative estimate of drug-likeness (QED) is 0.859. The highest BCUT2D eigenvalue weighted by Gasteiger charge is 2.59. The van der Waals surface area contributed by atoms with Gasteiger partial charge in [0.2, 0.25) is 0 Å². The number of nitrogens with zero attached hydrogens (tertiary/aromatic N) is 2. The van der Waals surface area contributed by atoms with Crippen molar-refractivity contribution in [2.75, 3.05) is 6.54 Å². The van der Waals surface area contributed by atoms with Crippen molar-refractivity contribution >= 4 is 29.4 Å². The van der Waals surface area contributed by atoms with Crippen LogP contribution in [0, 0.1) is 0 Å². The zero-order chi connectivity index (χ0) is 17.8.